The molecule has 1 aliphatic heterocycles. The highest BCUT2D eigenvalue weighted by Gasteiger charge is 2.24. The Morgan fingerprint density at radius 2 is 1.76 bits per heavy atom. The Hall–Kier alpha value is -2.08. The number of ether oxygens (including phenoxy) is 1. The predicted octanol–water partition coefficient (Wildman–Crippen LogP) is 4.47. The molecule has 0 aliphatic carbocycles. The number of aromatic nitrogens is 2. The fourth-order valence-corrected chi connectivity index (χ4v) is 4.18. The van der Waals surface area contributed by atoms with Gasteiger partial charge in [0.25, 0.3) is 0 Å². The van der Waals surface area contributed by atoms with Gasteiger partial charge >= 0.3 is 0 Å². The Bertz CT molecular complexity index is 949. The lowest BCUT2D eigenvalue weighted by Crippen LogP contribution is -2.45. The first-order valence-electron chi connectivity index (χ1n) is 10.4. The van der Waals surface area contributed by atoms with Crippen molar-refractivity contribution in [1.29, 1.82) is 0 Å². The molecule has 2 heterocycles. The van der Waals surface area contributed by atoms with Crippen LogP contribution in [0.2, 0.25) is 5.02 Å². The first-order chi connectivity index (χ1) is 14.1. The SMILES string of the molecule is CC(c1nc2ccccc2n1CCCOc1ccccc1Cl)N1CCN(C)CC1. The van der Waals surface area contributed by atoms with E-state index in [9.17, 15) is 0 Å². The average Bonchev–Trinajstić information content (AvgIpc) is 3.11. The predicted molar refractivity (Wildman–Crippen MR) is 119 cm³/mol. The van der Waals surface area contributed by atoms with E-state index in [4.69, 9.17) is 21.3 Å². The van der Waals surface area contributed by atoms with Gasteiger partial charge < -0.3 is 14.2 Å². The van der Waals surface area contributed by atoms with Gasteiger partial charge in [0.05, 0.1) is 28.7 Å². The molecule has 1 saturated heterocycles. The Balaban J connectivity index is 1.48. The molecule has 1 atom stereocenters. The lowest BCUT2D eigenvalue weighted by molar-refractivity contribution is 0.113. The van der Waals surface area contributed by atoms with E-state index in [2.05, 4.69) is 52.6 Å². The number of aryl methyl sites for hydroxylation is 1. The number of fused-ring (bicyclic) bond motifs is 1. The van der Waals surface area contributed by atoms with Gasteiger partial charge in [0, 0.05) is 32.7 Å². The minimum absolute atomic E-state index is 0.292. The van der Waals surface area contributed by atoms with E-state index in [1.165, 1.54) is 5.52 Å². The zero-order valence-corrected chi connectivity index (χ0v) is 18.0. The van der Waals surface area contributed by atoms with Crippen LogP contribution in [0.4, 0.5) is 0 Å². The number of rotatable bonds is 7. The molecule has 0 amide bonds. The fraction of sp³-hybridized carbons (Fsp3) is 0.435. The molecule has 1 fully saturated rings. The number of para-hydroxylation sites is 3. The van der Waals surface area contributed by atoms with Crippen molar-refractivity contribution in [3.63, 3.8) is 0 Å². The summed E-state index contributed by atoms with van der Waals surface area (Å²) >= 11 is 6.19. The van der Waals surface area contributed by atoms with Crippen LogP contribution in [0.3, 0.4) is 0 Å². The van der Waals surface area contributed by atoms with E-state index in [1.807, 2.05) is 24.3 Å². The molecule has 6 heteroatoms. The largest absolute Gasteiger partial charge is 0.492 e. The molecule has 0 saturated carbocycles. The Kier molecular flexibility index (Phi) is 6.38. The molecule has 2 aromatic carbocycles. The minimum Gasteiger partial charge on any atom is -0.492 e. The van der Waals surface area contributed by atoms with Crippen molar-refractivity contribution in [3.05, 3.63) is 59.4 Å². The molecule has 29 heavy (non-hydrogen) atoms. The molecule has 0 spiro atoms. The van der Waals surface area contributed by atoms with Crippen LogP contribution in [0.1, 0.15) is 25.2 Å². The second-order valence-corrected chi connectivity index (χ2v) is 8.17. The Morgan fingerprint density at radius 3 is 2.55 bits per heavy atom. The fourth-order valence-electron chi connectivity index (χ4n) is 3.99. The second kappa shape index (κ2) is 9.16. The first-order valence-corrected chi connectivity index (χ1v) is 10.8. The standard InChI is InChI=1S/C23H29ClN4O/c1-18(27-15-13-26(2)14-16-27)23-25-20-9-4-5-10-21(20)28(23)12-7-17-29-22-11-6-3-8-19(22)24/h3-6,8-11,18H,7,12-17H2,1-2H3. The normalized spacial score (nSPS) is 16.9. The van der Waals surface area contributed by atoms with Crippen molar-refractivity contribution >= 4 is 22.6 Å². The zero-order valence-electron chi connectivity index (χ0n) is 17.2. The van der Waals surface area contributed by atoms with Gasteiger partial charge in [0.15, 0.2) is 0 Å². The van der Waals surface area contributed by atoms with E-state index < -0.39 is 0 Å². The molecular formula is C23H29ClN4O. The number of hydrogen-bond donors (Lipinski definition) is 0. The van der Waals surface area contributed by atoms with Gasteiger partial charge in [-0.1, -0.05) is 35.9 Å². The van der Waals surface area contributed by atoms with Crippen molar-refractivity contribution in [2.24, 2.45) is 0 Å². The van der Waals surface area contributed by atoms with Gasteiger partial charge in [-0.3, -0.25) is 4.90 Å². The summed E-state index contributed by atoms with van der Waals surface area (Å²) < 4.78 is 8.26. The van der Waals surface area contributed by atoms with Crippen LogP contribution < -0.4 is 4.74 Å². The molecule has 0 bridgehead atoms. The van der Waals surface area contributed by atoms with E-state index in [1.54, 1.807) is 0 Å². The Morgan fingerprint density at radius 1 is 1.03 bits per heavy atom. The number of likely N-dealkylation sites (N-methyl/N-ethyl adjacent to an activating group) is 1. The third kappa shape index (κ3) is 4.58. The molecule has 3 aromatic rings. The molecule has 1 unspecified atom stereocenters. The summed E-state index contributed by atoms with van der Waals surface area (Å²) in [5.41, 5.74) is 2.26. The summed E-state index contributed by atoms with van der Waals surface area (Å²) in [7, 11) is 2.19. The number of nitrogens with zero attached hydrogens (tertiary/aromatic N) is 4. The van der Waals surface area contributed by atoms with Gasteiger partial charge in [-0.2, -0.15) is 0 Å². The highest BCUT2D eigenvalue weighted by atomic mass is 35.5. The second-order valence-electron chi connectivity index (χ2n) is 7.76. The molecule has 154 valence electrons. The van der Waals surface area contributed by atoms with Crippen LogP contribution in [-0.4, -0.2) is 59.2 Å². The van der Waals surface area contributed by atoms with E-state index in [0.29, 0.717) is 17.7 Å². The molecule has 4 rings (SSSR count). The quantitative estimate of drug-likeness (QED) is 0.536. The van der Waals surface area contributed by atoms with Crippen LogP contribution in [0, 0.1) is 0 Å². The van der Waals surface area contributed by atoms with Crippen LogP contribution in [-0.2, 0) is 6.54 Å². The van der Waals surface area contributed by atoms with Gasteiger partial charge in [0.1, 0.15) is 11.6 Å². The van der Waals surface area contributed by atoms with Crippen LogP contribution >= 0.6 is 11.6 Å². The first kappa shape index (κ1) is 20.2. The number of halogens is 1. The number of piperazine rings is 1. The van der Waals surface area contributed by atoms with Crippen molar-refractivity contribution in [1.82, 2.24) is 19.4 Å². The van der Waals surface area contributed by atoms with Crippen molar-refractivity contribution in [2.75, 3.05) is 39.8 Å². The monoisotopic (exact) mass is 412 g/mol. The molecule has 1 aliphatic rings. The summed E-state index contributed by atoms with van der Waals surface area (Å²) in [6.07, 6.45) is 0.897. The van der Waals surface area contributed by atoms with Crippen LogP contribution in [0.5, 0.6) is 5.75 Å². The van der Waals surface area contributed by atoms with E-state index >= 15 is 0 Å². The molecule has 5 nitrogen and oxygen atoms in total. The zero-order chi connectivity index (χ0) is 20.2. The highest BCUT2D eigenvalue weighted by molar-refractivity contribution is 6.32. The van der Waals surface area contributed by atoms with Gasteiger partial charge in [0.2, 0.25) is 0 Å². The van der Waals surface area contributed by atoms with Crippen LogP contribution in [0.25, 0.3) is 11.0 Å². The average molecular weight is 413 g/mol. The Labute approximate surface area is 177 Å². The third-order valence-corrected chi connectivity index (χ3v) is 6.08. The minimum atomic E-state index is 0.292. The highest BCUT2D eigenvalue weighted by Crippen LogP contribution is 2.27. The van der Waals surface area contributed by atoms with Crippen molar-refractivity contribution < 1.29 is 4.74 Å². The smallest absolute Gasteiger partial charge is 0.137 e. The lowest BCUT2D eigenvalue weighted by atomic mass is 10.2. The van der Waals surface area contributed by atoms with Crippen molar-refractivity contribution in [3.8, 4) is 5.75 Å². The maximum absolute atomic E-state index is 6.19. The number of benzene rings is 2. The summed E-state index contributed by atoms with van der Waals surface area (Å²) in [6, 6.07) is 16.3. The van der Waals surface area contributed by atoms with Crippen LogP contribution in [0.15, 0.2) is 48.5 Å². The number of hydrogen-bond acceptors (Lipinski definition) is 4. The molecular weight excluding hydrogens is 384 g/mol. The topological polar surface area (TPSA) is 33.5 Å². The van der Waals surface area contributed by atoms with Gasteiger partial charge in [-0.25, -0.2) is 4.98 Å². The lowest BCUT2D eigenvalue weighted by Gasteiger charge is -2.36. The third-order valence-electron chi connectivity index (χ3n) is 5.76. The molecule has 0 N–H and O–H groups in total. The summed E-state index contributed by atoms with van der Waals surface area (Å²) in [6.45, 7) is 8.15. The number of imidazole rings is 1. The molecule has 0 radical (unpaired) electrons. The van der Waals surface area contributed by atoms with Gasteiger partial charge in [-0.15, -0.1) is 0 Å². The van der Waals surface area contributed by atoms with Crippen molar-refractivity contribution in [2.45, 2.75) is 25.9 Å². The molecule has 1 aromatic heterocycles. The summed E-state index contributed by atoms with van der Waals surface area (Å²) in [5.74, 6) is 1.89. The maximum Gasteiger partial charge on any atom is 0.137 e. The van der Waals surface area contributed by atoms with E-state index in [0.717, 1.165) is 56.2 Å². The maximum atomic E-state index is 6.19. The van der Waals surface area contributed by atoms with E-state index in [-0.39, 0.29) is 0 Å². The van der Waals surface area contributed by atoms with Gasteiger partial charge in [-0.05, 0) is 44.7 Å². The summed E-state index contributed by atoms with van der Waals surface area (Å²) in [5, 5.41) is 0.657. The summed E-state index contributed by atoms with van der Waals surface area (Å²) in [4.78, 5) is 9.93.